The zero-order valence-electron chi connectivity index (χ0n) is 12.3. The molecule has 0 aromatic heterocycles. The summed E-state index contributed by atoms with van der Waals surface area (Å²) in [6.07, 6.45) is 0.245. The fourth-order valence-electron chi connectivity index (χ4n) is 2.52. The van der Waals surface area contributed by atoms with Crippen molar-refractivity contribution in [1.29, 1.82) is 0 Å². The molecule has 0 bridgehead atoms. The van der Waals surface area contributed by atoms with Crippen LogP contribution in [0.15, 0.2) is 30.3 Å². The van der Waals surface area contributed by atoms with Crippen molar-refractivity contribution < 1.29 is 19.8 Å². The first-order chi connectivity index (χ1) is 10.3. The summed E-state index contributed by atoms with van der Waals surface area (Å²) in [6, 6.07) is 9.25. The van der Waals surface area contributed by atoms with E-state index in [4.69, 9.17) is 0 Å². The Hall–Kier alpha value is -1.22. The maximum absolute atomic E-state index is 12.8. The summed E-state index contributed by atoms with van der Waals surface area (Å²) in [6.45, 7) is -0.864. The third-order valence-corrected chi connectivity index (χ3v) is 5.84. The molecule has 0 aliphatic carbocycles. The molecular formula is C14H18N2O4S2. The van der Waals surface area contributed by atoms with Crippen LogP contribution in [0.3, 0.4) is 0 Å². The lowest BCUT2D eigenvalue weighted by atomic mass is 9.96. The van der Waals surface area contributed by atoms with Gasteiger partial charge in [0.25, 0.3) is 11.8 Å². The predicted octanol–water partition coefficient (Wildman–Crippen LogP) is 0.115. The van der Waals surface area contributed by atoms with E-state index in [9.17, 15) is 19.8 Å². The highest BCUT2D eigenvalue weighted by Crippen LogP contribution is 2.42. The first kappa shape index (κ1) is 17.1. The molecule has 1 aromatic carbocycles. The number of likely N-dealkylation sites (N-methyl/N-ethyl adjacent to an activating group) is 2. The highest BCUT2D eigenvalue weighted by atomic mass is 33.1. The Morgan fingerprint density at radius 1 is 1.14 bits per heavy atom. The van der Waals surface area contributed by atoms with E-state index in [-0.39, 0.29) is 6.42 Å². The van der Waals surface area contributed by atoms with Gasteiger partial charge in [-0.1, -0.05) is 41.1 Å². The number of thiol groups is 1. The van der Waals surface area contributed by atoms with E-state index >= 15 is 0 Å². The Labute approximate surface area is 137 Å². The topological polar surface area (TPSA) is 81.1 Å². The van der Waals surface area contributed by atoms with Crippen molar-refractivity contribution in [2.75, 3.05) is 20.7 Å². The summed E-state index contributed by atoms with van der Waals surface area (Å²) >= 11 is 4.20. The van der Waals surface area contributed by atoms with Crippen molar-refractivity contribution in [2.24, 2.45) is 0 Å². The number of hydrogen-bond donors (Lipinski definition) is 3. The number of aliphatic hydroxyl groups is 2. The Kier molecular flexibility index (Phi) is 4.76. The van der Waals surface area contributed by atoms with Gasteiger partial charge in [0.05, 0.1) is 0 Å². The second kappa shape index (κ2) is 6.11. The molecule has 2 unspecified atom stereocenters. The van der Waals surface area contributed by atoms with Crippen LogP contribution in [0.1, 0.15) is 5.56 Å². The van der Waals surface area contributed by atoms with Gasteiger partial charge in [0, 0.05) is 20.5 Å². The van der Waals surface area contributed by atoms with Gasteiger partial charge in [-0.05, 0) is 5.56 Å². The van der Waals surface area contributed by atoms with Crippen molar-refractivity contribution in [3.8, 4) is 0 Å². The number of aliphatic hydroxyl groups excluding tert-OH is 1. The third kappa shape index (κ3) is 2.40. The van der Waals surface area contributed by atoms with E-state index in [1.807, 2.05) is 30.3 Å². The molecular weight excluding hydrogens is 324 g/mol. The molecule has 8 heteroatoms. The second-order valence-corrected chi connectivity index (χ2v) is 6.65. The van der Waals surface area contributed by atoms with Gasteiger partial charge in [-0.25, -0.2) is 0 Å². The molecule has 1 aliphatic rings. The molecule has 2 amide bonds. The normalized spacial score (nSPS) is 29.1. The number of nitrogens with zero attached hydrogens (tertiary/aromatic N) is 2. The molecule has 2 rings (SSSR count). The molecule has 1 fully saturated rings. The molecule has 0 spiro atoms. The lowest BCUT2D eigenvalue weighted by Crippen LogP contribution is -2.75. The summed E-state index contributed by atoms with van der Waals surface area (Å²) < 4.78 is 0. The Morgan fingerprint density at radius 2 is 1.73 bits per heavy atom. The lowest BCUT2D eigenvalue weighted by molar-refractivity contribution is -0.203. The third-order valence-electron chi connectivity index (χ3n) is 4.04. The van der Waals surface area contributed by atoms with Gasteiger partial charge < -0.3 is 20.0 Å². The summed E-state index contributed by atoms with van der Waals surface area (Å²) in [5.74, 6) is -1.23. The van der Waals surface area contributed by atoms with Crippen LogP contribution in [-0.4, -0.2) is 63.1 Å². The fourth-order valence-corrected chi connectivity index (χ4v) is 3.97. The van der Waals surface area contributed by atoms with Crippen LogP contribution >= 0.6 is 22.5 Å². The molecule has 0 radical (unpaired) electrons. The maximum atomic E-state index is 12.8. The number of carbonyl (C=O) groups excluding carboxylic acids is 2. The van der Waals surface area contributed by atoms with Crippen molar-refractivity contribution >= 4 is 34.3 Å². The summed E-state index contributed by atoms with van der Waals surface area (Å²) in [7, 11) is 3.67. The molecule has 6 nitrogen and oxygen atoms in total. The minimum Gasteiger partial charge on any atom is -0.391 e. The summed E-state index contributed by atoms with van der Waals surface area (Å²) in [5, 5.41) is 19.6. The van der Waals surface area contributed by atoms with Crippen molar-refractivity contribution in [1.82, 2.24) is 9.80 Å². The Bertz CT molecular complexity index is 585. The second-order valence-electron chi connectivity index (χ2n) is 5.24. The first-order valence-electron chi connectivity index (χ1n) is 6.59. The van der Waals surface area contributed by atoms with Crippen LogP contribution in [0, 0.1) is 0 Å². The van der Waals surface area contributed by atoms with Gasteiger partial charge in [-0.3, -0.25) is 9.59 Å². The van der Waals surface area contributed by atoms with Crippen molar-refractivity contribution in [3.63, 3.8) is 0 Å². The van der Waals surface area contributed by atoms with E-state index in [1.165, 1.54) is 14.1 Å². The summed E-state index contributed by atoms with van der Waals surface area (Å²) in [5.41, 5.74) is -1.38. The van der Waals surface area contributed by atoms with Gasteiger partial charge in [0.1, 0.15) is 6.61 Å². The van der Waals surface area contributed by atoms with Crippen LogP contribution in [0.5, 0.6) is 0 Å². The van der Waals surface area contributed by atoms with Crippen molar-refractivity contribution in [2.45, 2.75) is 17.0 Å². The molecule has 1 aromatic rings. The minimum atomic E-state index is -2.24. The van der Waals surface area contributed by atoms with Gasteiger partial charge in [0.2, 0.25) is 5.72 Å². The van der Waals surface area contributed by atoms with Crippen LogP contribution in [0.25, 0.3) is 0 Å². The first-order valence-corrected chi connectivity index (χ1v) is 8.46. The monoisotopic (exact) mass is 342 g/mol. The van der Waals surface area contributed by atoms with Crippen LogP contribution < -0.4 is 0 Å². The predicted molar refractivity (Wildman–Crippen MR) is 87.0 cm³/mol. The molecule has 120 valence electrons. The highest BCUT2D eigenvalue weighted by Gasteiger charge is 2.60. The number of hydrogen-bond acceptors (Lipinski definition) is 6. The molecule has 22 heavy (non-hydrogen) atoms. The highest BCUT2D eigenvalue weighted by molar-refractivity contribution is 8.69. The molecule has 0 saturated carbocycles. The number of rotatable bonds is 4. The largest absolute Gasteiger partial charge is 0.391 e. The van der Waals surface area contributed by atoms with E-state index < -0.39 is 29.0 Å². The standard InChI is InChI=1S/C14H18N2O4S2/c1-15-12(19)14(22-21,8-10-6-4-3-5-7-10)16(2)11(18)13(15,20)9-17/h3-7,17,20-21H,8-9H2,1-2H3. The van der Waals surface area contributed by atoms with E-state index in [2.05, 4.69) is 11.7 Å². The molecule has 1 heterocycles. The quantitative estimate of drug-likeness (QED) is 0.535. The number of benzene rings is 1. The number of amides is 2. The fraction of sp³-hybridized carbons (Fsp3) is 0.429. The molecule has 1 aliphatic heterocycles. The lowest BCUT2D eigenvalue weighted by Gasteiger charge is -2.51. The average molecular weight is 342 g/mol. The molecule has 2 atom stereocenters. The van der Waals surface area contributed by atoms with Crippen LogP contribution in [-0.2, 0) is 16.0 Å². The van der Waals surface area contributed by atoms with E-state index in [0.717, 1.165) is 26.2 Å². The summed E-state index contributed by atoms with van der Waals surface area (Å²) in [4.78, 5) is 26.1. The van der Waals surface area contributed by atoms with Gasteiger partial charge >= 0.3 is 0 Å². The van der Waals surface area contributed by atoms with Crippen LogP contribution in [0.4, 0.5) is 0 Å². The Balaban J connectivity index is 2.47. The van der Waals surface area contributed by atoms with E-state index in [0.29, 0.717) is 0 Å². The van der Waals surface area contributed by atoms with Gasteiger partial charge in [-0.15, -0.1) is 11.7 Å². The van der Waals surface area contributed by atoms with E-state index in [1.54, 1.807) is 0 Å². The van der Waals surface area contributed by atoms with Crippen molar-refractivity contribution in [3.05, 3.63) is 35.9 Å². The molecule has 1 saturated heterocycles. The smallest absolute Gasteiger partial charge is 0.279 e. The van der Waals surface area contributed by atoms with Gasteiger partial charge in [0.15, 0.2) is 4.87 Å². The SMILES string of the molecule is CN1C(=O)C(Cc2ccccc2)(SS)N(C)C(=O)C1(O)CO. The molecule has 2 N–H and O–H groups in total. The zero-order valence-corrected chi connectivity index (χ0v) is 14.0. The number of carbonyl (C=O) groups is 2. The van der Waals surface area contributed by atoms with Gasteiger partial charge in [-0.2, -0.15) is 0 Å². The Morgan fingerprint density at radius 3 is 2.23 bits per heavy atom. The van der Waals surface area contributed by atoms with Crippen LogP contribution in [0.2, 0.25) is 0 Å². The zero-order chi connectivity index (χ0) is 16.5. The minimum absolute atomic E-state index is 0.245. The maximum Gasteiger partial charge on any atom is 0.279 e. The number of piperazine rings is 1. The average Bonchev–Trinajstić information content (AvgIpc) is 2.56.